The summed E-state index contributed by atoms with van der Waals surface area (Å²) in [6.07, 6.45) is -4.71. The molecule has 0 unspecified atom stereocenters. The van der Waals surface area contributed by atoms with Crippen LogP contribution in [0.25, 0.3) is 0 Å². The summed E-state index contributed by atoms with van der Waals surface area (Å²) in [5, 5.41) is 4.44. The summed E-state index contributed by atoms with van der Waals surface area (Å²) < 4.78 is 40.5. The molecular formula is C20H15F3N2O. The van der Waals surface area contributed by atoms with Crippen molar-refractivity contribution in [3.05, 3.63) is 96.1 Å². The SMILES string of the molecule is FC(F)(F)Oc1ccc(NN=C(c2ccccc2)c2ccccc2)cc1. The number of alkyl halides is 3. The van der Waals surface area contributed by atoms with Gasteiger partial charge < -0.3 is 4.74 Å². The van der Waals surface area contributed by atoms with Gasteiger partial charge in [0.05, 0.1) is 11.4 Å². The zero-order valence-electron chi connectivity index (χ0n) is 13.6. The smallest absolute Gasteiger partial charge is 0.406 e. The zero-order chi connectivity index (χ0) is 18.4. The molecule has 0 atom stereocenters. The minimum atomic E-state index is -4.71. The van der Waals surface area contributed by atoms with E-state index in [9.17, 15) is 13.2 Å². The van der Waals surface area contributed by atoms with E-state index in [-0.39, 0.29) is 5.75 Å². The van der Waals surface area contributed by atoms with Gasteiger partial charge in [-0.15, -0.1) is 13.2 Å². The molecule has 0 aromatic heterocycles. The Hall–Kier alpha value is -3.28. The van der Waals surface area contributed by atoms with Gasteiger partial charge in [-0.2, -0.15) is 5.10 Å². The average Bonchev–Trinajstić information content (AvgIpc) is 2.64. The van der Waals surface area contributed by atoms with E-state index in [1.54, 1.807) is 0 Å². The van der Waals surface area contributed by atoms with Crippen LogP contribution in [0.5, 0.6) is 5.75 Å². The summed E-state index contributed by atoms with van der Waals surface area (Å²) in [5.74, 6) is -0.279. The lowest BCUT2D eigenvalue weighted by Gasteiger charge is -2.10. The highest BCUT2D eigenvalue weighted by Crippen LogP contribution is 2.24. The number of anilines is 1. The van der Waals surface area contributed by atoms with Crippen molar-refractivity contribution in [3.8, 4) is 5.75 Å². The number of nitrogens with zero attached hydrogens (tertiary/aromatic N) is 1. The quantitative estimate of drug-likeness (QED) is 0.487. The van der Waals surface area contributed by atoms with Gasteiger partial charge in [0.2, 0.25) is 0 Å². The Morgan fingerprint density at radius 1 is 0.731 bits per heavy atom. The minimum Gasteiger partial charge on any atom is -0.406 e. The number of rotatable bonds is 5. The monoisotopic (exact) mass is 356 g/mol. The molecule has 26 heavy (non-hydrogen) atoms. The number of hydrogen-bond donors (Lipinski definition) is 1. The van der Waals surface area contributed by atoms with Crippen LogP contribution in [0.3, 0.4) is 0 Å². The lowest BCUT2D eigenvalue weighted by molar-refractivity contribution is -0.274. The molecule has 0 saturated heterocycles. The highest BCUT2D eigenvalue weighted by Gasteiger charge is 2.30. The first-order chi connectivity index (χ1) is 12.5. The Bertz CT molecular complexity index is 820. The first-order valence-electron chi connectivity index (χ1n) is 7.82. The number of halogens is 3. The van der Waals surface area contributed by atoms with Crippen molar-refractivity contribution in [2.24, 2.45) is 5.10 Å². The molecule has 6 heteroatoms. The van der Waals surface area contributed by atoms with Crippen molar-refractivity contribution >= 4 is 11.4 Å². The number of hydrazone groups is 1. The minimum absolute atomic E-state index is 0.279. The Labute approximate surface area is 148 Å². The molecule has 0 aliphatic carbocycles. The standard InChI is InChI=1S/C20H15F3N2O/c21-20(22,23)26-18-13-11-17(12-14-18)24-25-19(15-7-3-1-4-8-15)16-9-5-2-6-10-16/h1-14,24H. The normalized spacial score (nSPS) is 10.9. The fraction of sp³-hybridized carbons (Fsp3) is 0.0500. The fourth-order valence-electron chi connectivity index (χ4n) is 2.34. The first-order valence-corrected chi connectivity index (χ1v) is 7.82. The Balaban J connectivity index is 1.83. The van der Waals surface area contributed by atoms with Crippen molar-refractivity contribution in [3.63, 3.8) is 0 Å². The summed E-state index contributed by atoms with van der Waals surface area (Å²) in [6, 6.07) is 24.6. The molecule has 0 fully saturated rings. The third kappa shape index (κ3) is 4.86. The second-order valence-electron chi connectivity index (χ2n) is 5.38. The van der Waals surface area contributed by atoms with Crippen molar-refractivity contribution in [1.29, 1.82) is 0 Å². The second-order valence-corrected chi connectivity index (χ2v) is 5.38. The average molecular weight is 356 g/mol. The highest BCUT2D eigenvalue weighted by molar-refractivity contribution is 6.13. The lowest BCUT2D eigenvalue weighted by atomic mass is 10.0. The molecule has 0 spiro atoms. The van der Waals surface area contributed by atoms with Crippen LogP contribution < -0.4 is 10.2 Å². The van der Waals surface area contributed by atoms with Crippen LogP contribution in [-0.2, 0) is 0 Å². The molecule has 0 aliphatic rings. The number of ether oxygens (including phenoxy) is 1. The summed E-state index contributed by atoms with van der Waals surface area (Å²) in [4.78, 5) is 0. The molecule has 0 amide bonds. The van der Waals surface area contributed by atoms with Gasteiger partial charge in [0.1, 0.15) is 5.75 Å². The van der Waals surface area contributed by atoms with E-state index < -0.39 is 6.36 Å². The molecular weight excluding hydrogens is 341 g/mol. The van der Waals surface area contributed by atoms with Gasteiger partial charge in [-0.05, 0) is 24.3 Å². The molecule has 3 nitrogen and oxygen atoms in total. The van der Waals surface area contributed by atoms with Gasteiger partial charge in [0, 0.05) is 11.1 Å². The number of hydrogen-bond acceptors (Lipinski definition) is 3. The van der Waals surface area contributed by atoms with E-state index >= 15 is 0 Å². The molecule has 132 valence electrons. The van der Waals surface area contributed by atoms with Crippen LogP contribution in [-0.4, -0.2) is 12.1 Å². The summed E-state index contributed by atoms with van der Waals surface area (Å²) in [6.45, 7) is 0. The van der Waals surface area contributed by atoms with Crippen LogP contribution in [0.1, 0.15) is 11.1 Å². The van der Waals surface area contributed by atoms with Gasteiger partial charge in [-0.1, -0.05) is 60.7 Å². The van der Waals surface area contributed by atoms with Gasteiger partial charge in [0.15, 0.2) is 0 Å². The van der Waals surface area contributed by atoms with E-state index in [1.165, 1.54) is 24.3 Å². The van der Waals surface area contributed by atoms with Crippen molar-refractivity contribution < 1.29 is 17.9 Å². The largest absolute Gasteiger partial charge is 0.573 e. The van der Waals surface area contributed by atoms with Crippen LogP contribution in [0.15, 0.2) is 90.0 Å². The third-order valence-corrected chi connectivity index (χ3v) is 3.48. The van der Waals surface area contributed by atoms with E-state index in [1.807, 2.05) is 60.7 Å². The summed E-state index contributed by atoms with van der Waals surface area (Å²) >= 11 is 0. The molecule has 3 rings (SSSR count). The van der Waals surface area contributed by atoms with Gasteiger partial charge in [0.25, 0.3) is 0 Å². The van der Waals surface area contributed by atoms with Crippen molar-refractivity contribution in [2.45, 2.75) is 6.36 Å². The predicted molar refractivity (Wildman–Crippen MR) is 95.3 cm³/mol. The van der Waals surface area contributed by atoms with Gasteiger partial charge in [-0.25, -0.2) is 0 Å². The van der Waals surface area contributed by atoms with Gasteiger partial charge >= 0.3 is 6.36 Å². The molecule has 3 aromatic rings. The Kier molecular flexibility index (Phi) is 5.22. The maximum Gasteiger partial charge on any atom is 0.573 e. The first kappa shape index (κ1) is 17.5. The van der Waals surface area contributed by atoms with Crippen molar-refractivity contribution in [1.82, 2.24) is 0 Å². The van der Waals surface area contributed by atoms with Crippen molar-refractivity contribution in [2.75, 3.05) is 5.43 Å². The van der Waals surface area contributed by atoms with Crippen LogP contribution >= 0.6 is 0 Å². The maximum absolute atomic E-state index is 12.2. The number of benzene rings is 3. The topological polar surface area (TPSA) is 33.6 Å². The van der Waals surface area contributed by atoms with Crippen LogP contribution in [0.4, 0.5) is 18.9 Å². The second kappa shape index (κ2) is 7.74. The molecule has 0 heterocycles. The van der Waals surface area contributed by atoms with Crippen LogP contribution in [0, 0.1) is 0 Å². The van der Waals surface area contributed by atoms with Gasteiger partial charge in [-0.3, -0.25) is 5.43 Å². The van der Waals surface area contributed by atoms with E-state index in [4.69, 9.17) is 0 Å². The zero-order valence-corrected chi connectivity index (χ0v) is 13.6. The molecule has 0 saturated carbocycles. The molecule has 3 aromatic carbocycles. The molecule has 0 aliphatic heterocycles. The summed E-state index contributed by atoms with van der Waals surface area (Å²) in [7, 11) is 0. The van der Waals surface area contributed by atoms with E-state index in [0.29, 0.717) is 5.69 Å². The summed E-state index contributed by atoms with van der Waals surface area (Å²) in [5.41, 5.74) is 5.99. The van der Waals surface area contributed by atoms with E-state index in [0.717, 1.165) is 16.8 Å². The predicted octanol–water partition coefficient (Wildman–Crippen LogP) is 5.45. The lowest BCUT2D eigenvalue weighted by Crippen LogP contribution is -2.17. The molecule has 0 bridgehead atoms. The van der Waals surface area contributed by atoms with E-state index in [2.05, 4.69) is 15.3 Å². The maximum atomic E-state index is 12.2. The molecule has 1 N–H and O–H groups in total. The Morgan fingerprint density at radius 2 is 1.23 bits per heavy atom. The number of nitrogens with one attached hydrogen (secondary N) is 1. The van der Waals surface area contributed by atoms with Crippen LogP contribution in [0.2, 0.25) is 0 Å². The third-order valence-electron chi connectivity index (χ3n) is 3.48. The highest BCUT2D eigenvalue weighted by atomic mass is 19.4. The molecule has 0 radical (unpaired) electrons. The fourth-order valence-corrected chi connectivity index (χ4v) is 2.34. The Morgan fingerprint density at radius 3 is 1.69 bits per heavy atom.